The fraction of sp³-hybridized carbons (Fsp3) is 0.312. The molecule has 1 unspecified atom stereocenters. The first-order valence-electron chi connectivity index (χ1n) is 6.90. The Morgan fingerprint density at radius 1 is 1.14 bits per heavy atom. The van der Waals surface area contributed by atoms with Gasteiger partial charge in [-0.15, -0.1) is 12.4 Å². The van der Waals surface area contributed by atoms with Crippen molar-refractivity contribution in [1.82, 2.24) is 10.3 Å². The lowest BCUT2D eigenvalue weighted by Gasteiger charge is -2.28. The van der Waals surface area contributed by atoms with Crippen LogP contribution in [-0.4, -0.2) is 11.5 Å². The van der Waals surface area contributed by atoms with Crippen molar-refractivity contribution in [3.63, 3.8) is 0 Å². The van der Waals surface area contributed by atoms with Gasteiger partial charge in [0.25, 0.3) is 0 Å². The predicted molar refractivity (Wildman–Crippen MR) is 88.9 cm³/mol. The molecule has 0 bridgehead atoms. The third-order valence-electron chi connectivity index (χ3n) is 4.20. The number of pyridine rings is 1. The maximum absolute atomic E-state index is 6.58. The summed E-state index contributed by atoms with van der Waals surface area (Å²) in [4.78, 5) is 4.42. The lowest BCUT2D eigenvalue weighted by Crippen LogP contribution is -2.32. The number of halogens is 3. The van der Waals surface area contributed by atoms with Gasteiger partial charge in [0.2, 0.25) is 0 Å². The first-order chi connectivity index (χ1) is 9.75. The molecule has 0 spiro atoms. The van der Waals surface area contributed by atoms with E-state index < -0.39 is 0 Å². The molecule has 1 aliphatic heterocycles. The Bertz CT molecular complexity index is 686. The monoisotopic (exact) mass is 340 g/mol. The summed E-state index contributed by atoms with van der Waals surface area (Å²) in [6, 6.07) is 6.23. The van der Waals surface area contributed by atoms with Crippen LogP contribution in [0.15, 0.2) is 24.4 Å². The van der Waals surface area contributed by atoms with Crippen LogP contribution in [0.2, 0.25) is 10.0 Å². The predicted octanol–water partition coefficient (Wildman–Crippen LogP) is 4.14. The third-order valence-corrected chi connectivity index (χ3v) is 5.09. The van der Waals surface area contributed by atoms with Gasteiger partial charge in [-0.25, -0.2) is 0 Å². The summed E-state index contributed by atoms with van der Waals surface area (Å²) in [6.07, 6.45) is 4.60. The molecule has 1 N–H and O–H groups in total. The van der Waals surface area contributed by atoms with Gasteiger partial charge in [-0.05, 0) is 47.4 Å². The Labute approximate surface area is 140 Å². The fourth-order valence-electron chi connectivity index (χ4n) is 3.13. The van der Waals surface area contributed by atoms with Crippen LogP contribution < -0.4 is 5.32 Å². The van der Waals surface area contributed by atoms with E-state index in [1.54, 1.807) is 0 Å². The minimum absolute atomic E-state index is 0. The lowest BCUT2D eigenvalue weighted by molar-refractivity contribution is 0.499. The first kappa shape index (κ1) is 15.1. The van der Waals surface area contributed by atoms with Gasteiger partial charge in [0, 0.05) is 40.8 Å². The van der Waals surface area contributed by atoms with Gasteiger partial charge in [0.15, 0.2) is 0 Å². The zero-order valence-electron chi connectivity index (χ0n) is 11.3. The normalized spacial score (nSPS) is 18.5. The Kier molecular flexibility index (Phi) is 4.15. The average Bonchev–Trinajstić information content (AvgIpc) is 3.27. The van der Waals surface area contributed by atoms with Gasteiger partial charge in [0.1, 0.15) is 0 Å². The van der Waals surface area contributed by atoms with Crippen LogP contribution in [0.1, 0.15) is 34.0 Å². The summed E-state index contributed by atoms with van der Waals surface area (Å²) in [5, 5.41) is 5.43. The topological polar surface area (TPSA) is 24.9 Å². The molecule has 2 nitrogen and oxygen atoms in total. The molecule has 1 atom stereocenters. The van der Waals surface area contributed by atoms with Crippen molar-refractivity contribution in [1.29, 1.82) is 0 Å². The van der Waals surface area contributed by atoms with Crippen molar-refractivity contribution in [2.45, 2.75) is 25.3 Å². The second kappa shape index (κ2) is 5.77. The highest BCUT2D eigenvalue weighted by Crippen LogP contribution is 2.48. The number of nitrogens with zero attached hydrogens (tertiary/aromatic N) is 1. The van der Waals surface area contributed by atoms with Crippen molar-refractivity contribution >= 4 is 35.6 Å². The summed E-state index contributed by atoms with van der Waals surface area (Å²) in [5.74, 6) is 0. The molecule has 1 aromatic carbocycles. The Balaban J connectivity index is 0.00000132. The van der Waals surface area contributed by atoms with Gasteiger partial charge >= 0.3 is 0 Å². The van der Waals surface area contributed by atoms with E-state index in [0.29, 0.717) is 0 Å². The number of hydrogen-bond acceptors (Lipinski definition) is 2. The van der Waals surface area contributed by atoms with E-state index in [1.165, 1.54) is 22.3 Å². The van der Waals surface area contributed by atoms with Crippen molar-refractivity contribution in [3.05, 3.63) is 62.4 Å². The highest BCUT2D eigenvalue weighted by atomic mass is 35.5. The molecule has 21 heavy (non-hydrogen) atoms. The van der Waals surface area contributed by atoms with E-state index >= 15 is 0 Å². The molecular formula is C16H15Cl3N2. The molecule has 0 amide bonds. The third kappa shape index (κ3) is 2.55. The molecule has 4 rings (SSSR count). The molecule has 0 radical (unpaired) electrons. The maximum atomic E-state index is 6.58. The Morgan fingerprint density at radius 3 is 2.71 bits per heavy atom. The van der Waals surface area contributed by atoms with E-state index in [4.69, 9.17) is 23.2 Å². The second-order valence-corrected chi connectivity index (χ2v) is 6.19. The molecule has 1 aromatic heterocycles. The van der Waals surface area contributed by atoms with E-state index in [9.17, 15) is 0 Å². The van der Waals surface area contributed by atoms with Crippen LogP contribution in [0.4, 0.5) is 0 Å². The van der Waals surface area contributed by atoms with Crippen molar-refractivity contribution in [2.75, 3.05) is 6.54 Å². The van der Waals surface area contributed by atoms with Crippen LogP contribution in [0, 0.1) is 0 Å². The van der Waals surface area contributed by atoms with E-state index in [1.807, 2.05) is 18.3 Å². The van der Waals surface area contributed by atoms with Crippen LogP contribution in [-0.2, 0) is 19.3 Å². The Morgan fingerprint density at radius 2 is 1.95 bits per heavy atom. The van der Waals surface area contributed by atoms with Crippen LogP contribution in [0.3, 0.4) is 0 Å². The lowest BCUT2D eigenvalue weighted by atomic mass is 9.91. The van der Waals surface area contributed by atoms with Gasteiger partial charge in [0.05, 0.1) is 0 Å². The summed E-state index contributed by atoms with van der Waals surface area (Å²) in [7, 11) is 0. The SMILES string of the molecule is Cl.Clc1c2c(c(Cl)c3c1CCNC3Cc1ccccn1)C2. The minimum atomic E-state index is 0. The summed E-state index contributed by atoms with van der Waals surface area (Å²) >= 11 is 13.1. The molecule has 5 heteroatoms. The van der Waals surface area contributed by atoms with Crippen molar-refractivity contribution in [2.24, 2.45) is 0 Å². The average molecular weight is 342 g/mol. The molecule has 0 fully saturated rings. The largest absolute Gasteiger partial charge is 0.309 e. The second-order valence-electron chi connectivity index (χ2n) is 5.44. The molecule has 1 aliphatic carbocycles. The van der Waals surface area contributed by atoms with Crippen LogP contribution in [0.25, 0.3) is 0 Å². The highest BCUT2D eigenvalue weighted by molar-refractivity contribution is 6.36. The number of benzene rings is 1. The smallest absolute Gasteiger partial charge is 0.0496 e. The fourth-order valence-corrected chi connectivity index (χ4v) is 3.94. The van der Waals surface area contributed by atoms with Crippen molar-refractivity contribution in [3.8, 4) is 0 Å². The quantitative estimate of drug-likeness (QED) is 0.757. The van der Waals surface area contributed by atoms with Gasteiger partial charge in [-0.3, -0.25) is 4.98 Å². The molecule has 110 valence electrons. The molecule has 2 heterocycles. The molecule has 2 aliphatic rings. The zero-order valence-corrected chi connectivity index (χ0v) is 13.7. The van der Waals surface area contributed by atoms with Crippen LogP contribution >= 0.6 is 35.6 Å². The number of nitrogens with one attached hydrogen (secondary N) is 1. The van der Waals surface area contributed by atoms with Crippen LogP contribution in [0.5, 0.6) is 0 Å². The highest BCUT2D eigenvalue weighted by Gasteiger charge is 2.34. The first-order valence-corrected chi connectivity index (χ1v) is 7.66. The summed E-state index contributed by atoms with van der Waals surface area (Å²) in [5.41, 5.74) is 6.02. The van der Waals surface area contributed by atoms with E-state index in [0.717, 1.165) is 41.5 Å². The summed E-state index contributed by atoms with van der Waals surface area (Å²) in [6.45, 7) is 0.944. The number of rotatable bonds is 2. The molecule has 0 saturated heterocycles. The number of hydrogen-bond donors (Lipinski definition) is 1. The maximum Gasteiger partial charge on any atom is 0.0496 e. The van der Waals surface area contributed by atoms with E-state index in [-0.39, 0.29) is 18.4 Å². The van der Waals surface area contributed by atoms with Gasteiger partial charge < -0.3 is 5.32 Å². The summed E-state index contributed by atoms with van der Waals surface area (Å²) < 4.78 is 0. The molecule has 0 saturated carbocycles. The zero-order chi connectivity index (χ0) is 13.7. The van der Waals surface area contributed by atoms with Crippen molar-refractivity contribution < 1.29 is 0 Å². The Hall–Kier alpha value is -0.800. The number of aromatic nitrogens is 1. The van der Waals surface area contributed by atoms with Gasteiger partial charge in [-0.2, -0.15) is 0 Å². The molecular weight excluding hydrogens is 327 g/mol. The van der Waals surface area contributed by atoms with Gasteiger partial charge in [-0.1, -0.05) is 29.3 Å². The minimum Gasteiger partial charge on any atom is -0.309 e. The standard InChI is InChI=1S/C16H14Cl2N2.ClH/c17-15-10-4-6-20-13(7-9-3-1-2-5-19-9)14(10)16(18)12-8-11(12)15;/h1-3,5,13,20H,4,6-8H2;1H. The van der Waals surface area contributed by atoms with E-state index in [2.05, 4.69) is 16.4 Å². The number of fused-ring (bicyclic) bond motifs is 2. The molecule has 2 aromatic rings.